The van der Waals surface area contributed by atoms with Crippen molar-refractivity contribution in [3.63, 3.8) is 0 Å². The molecule has 4 heteroatoms. The minimum Gasteiger partial charge on any atom is -0.506 e. The molecule has 0 spiro atoms. The van der Waals surface area contributed by atoms with Gasteiger partial charge in [0.15, 0.2) is 0 Å². The van der Waals surface area contributed by atoms with Crippen LogP contribution in [0.5, 0.6) is 5.75 Å². The van der Waals surface area contributed by atoms with E-state index >= 15 is 0 Å². The van der Waals surface area contributed by atoms with Crippen LogP contribution in [-0.4, -0.2) is 22.0 Å². The number of pyridine rings is 1. The molecule has 0 atom stereocenters. The van der Waals surface area contributed by atoms with Crippen molar-refractivity contribution in [2.45, 2.75) is 6.61 Å². The molecule has 2 rings (SSSR count). The molecule has 84 valence electrons. The SMILES string of the molecule is Oc1cc(COCCBr)cc2cccnc12. The van der Waals surface area contributed by atoms with E-state index in [0.717, 1.165) is 16.3 Å². The number of hydrogen-bond donors (Lipinski definition) is 1. The molecule has 0 aliphatic heterocycles. The van der Waals surface area contributed by atoms with Gasteiger partial charge in [-0.2, -0.15) is 0 Å². The summed E-state index contributed by atoms with van der Waals surface area (Å²) in [7, 11) is 0. The first kappa shape index (κ1) is 11.4. The second-order valence-corrected chi connectivity index (χ2v) is 4.22. The maximum absolute atomic E-state index is 9.78. The lowest BCUT2D eigenvalue weighted by molar-refractivity contribution is 0.137. The fourth-order valence-electron chi connectivity index (χ4n) is 1.56. The lowest BCUT2D eigenvalue weighted by atomic mass is 10.1. The van der Waals surface area contributed by atoms with Crippen molar-refractivity contribution < 1.29 is 9.84 Å². The Kier molecular flexibility index (Phi) is 3.74. The van der Waals surface area contributed by atoms with Crippen molar-refractivity contribution in [2.24, 2.45) is 0 Å². The van der Waals surface area contributed by atoms with E-state index in [2.05, 4.69) is 20.9 Å². The second kappa shape index (κ2) is 5.27. The van der Waals surface area contributed by atoms with Gasteiger partial charge >= 0.3 is 0 Å². The molecule has 0 aliphatic carbocycles. The van der Waals surface area contributed by atoms with E-state index in [4.69, 9.17) is 4.74 Å². The highest BCUT2D eigenvalue weighted by Crippen LogP contribution is 2.24. The van der Waals surface area contributed by atoms with Gasteiger partial charge < -0.3 is 9.84 Å². The Balaban J connectivity index is 2.27. The summed E-state index contributed by atoms with van der Waals surface area (Å²) in [5.41, 5.74) is 1.59. The number of halogens is 1. The molecule has 0 unspecified atom stereocenters. The molecule has 16 heavy (non-hydrogen) atoms. The number of nitrogens with zero attached hydrogens (tertiary/aromatic N) is 1. The average molecular weight is 282 g/mol. The molecular weight excluding hydrogens is 270 g/mol. The Morgan fingerprint density at radius 3 is 3.06 bits per heavy atom. The van der Waals surface area contributed by atoms with E-state index in [9.17, 15) is 5.11 Å². The number of fused-ring (bicyclic) bond motifs is 1. The van der Waals surface area contributed by atoms with Gasteiger partial charge in [-0.25, -0.2) is 0 Å². The van der Waals surface area contributed by atoms with Gasteiger partial charge in [-0.05, 0) is 23.8 Å². The fourth-order valence-corrected chi connectivity index (χ4v) is 1.79. The van der Waals surface area contributed by atoms with Crippen LogP contribution in [0.1, 0.15) is 5.56 Å². The van der Waals surface area contributed by atoms with Crippen LogP contribution in [-0.2, 0) is 11.3 Å². The summed E-state index contributed by atoms with van der Waals surface area (Å²) in [5, 5.41) is 11.5. The van der Waals surface area contributed by atoms with Gasteiger partial charge in [-0.1, -0.05) is 22.0 Å². The summed E-state index contributed by atoms with van der Waals surface area (Å²) in [6.45, 7) is 1.16. The van der Waals surface area contributed by atoms with Gasteiger partial charge in [0.1, 0.15) is 11.3 Å². The predicted octanol–water partition coefficient (Wildman–Crippen LogP) is 2.85. The fraction of sp³-hybridized carbons (Fsp3) is 0.250. The summed E-state index contributed by atoms with van der Waals surface area (Å²) < 4.78 is 5.39. The Morgan fingerprint density at radius 1 is 1.38 bits per heavy atom. The maximum Gasteiger partial charge on any atom is 0.142 e. The number of alkyl halides is 1. The van der Waals surface area contributed by atoms with Crippen LogP contribution in [0.15, 0.2) is 30.5 Å². The molecule has 0 bridgehead atoms. The highest BCUT2D eigenvalue weighted by atomic mass is 79.9. The molecular formula is C12H12BrNO2. The predicted molar refractivity (Wildman–Crippen MR) is 66.9 cm³/mol. The highest BCUT2D eigenvalue weighted by Gasteiger charge is 2.03. The molecule has 3 nitrogen and oxygen atoms in total. The van der Waals surface area contributed by atoms with Crippen molar-refractivity contribution in [2.75, 3.05) is 11.9 Å². The van der Waals surface area contributed by atoms with E-state index < -0.39 is 0 Å². The number of phenolic OH excluding ortho intramolecular Hbond substituents is 1. The van der Waals surface area contributed by atoms with Crippen molar-refractivity contribution in [1.82, 2.24) is 4.98 Å². The quantitative estimate of drug-likeness (QED) is 0.692. The standard InChI is InChI=1S/C12H12BrNO2/c13-3-5-16-8-9-6-10-2-1-4-14-12(10)11(15)7-9/h1-2,4,6-7,15H,3,5,8H2. The minimum absolute atomic E-state index is 0.204. The summed E-state index contributed by atoms with van der Waals surface area (Å²) in [4.78, 5) is 4.12. The van der Waals surface area contributed by atoms with Crippen LogP contribution < -0.4 is 0 Å². The molecule has 0 fully saturated rings. The molecule has 0 aliphatic rings. The summed E-state index contributed by atoms with van der Waals surface area (Å²) in [6.07, 6.45) is 1.67. The summed E-state index contributed by atoms with van der Waals surface area (Å²) >= 11 is 3.29. The van der Waals surface area contributed by atoms with Crippen LogP contribution in [0.25, 0.3) is 10.9 Å². The highest BCUT2D eigenvalue weighted by molar-refractivity contribution is 9.09. The minimum atomic E-state index is 0.204. The number of phenols is 1. The third-order valence-electron chi connectivity index (χ3n) is 2.23. The Labute approximate surface area is 102 Å². The smallest absolute Gasteiger partial charge is 0.142 e. The summed E-state index contributed by atoms with van der Waals surface area (Å²) in [5.74, 6) is 0.204. The second-order valence-electron chi connectivity index (χ2n) is 3.43. The van der Waals surface area contributed by atoms with Gasteiger partial charge in [-0.15, -0.1) is 0 Å². The molecule has 1 heterocycles. The third kappa shape index (κ3) is 2.51. The first-order valence-corrected chi connectivity index (χ1v) is 6.14. The zero-order valence-electron chi connectivity index (χ0n) is 8.69. The topological polar surface area (TPSA) is 42.4 Å². The summed E-state index contributed by atoms with van der Waals surface area (Å²) in [6, 6.07) is 7.46. The van der Waals surface area contributed by atoms with E-state index in [-0.39, 0.29) is 5.75 Å². The van der Waals surface area contributed by atoms with E-state index in [1.807, 2.05) is 18.2 Å². The van der Waals surface area contributed by atoms with Crippen LogP contribution >= 0.6 is 15.9 Å². The molecule has 0 amide bonds. The van der Waals surface area contributed by atoms with E-state index in [1.165, 1.54) is 0 Å². The van der Waals surface area contributed by atoms with Gasteiger partial charge in [0.2, 0.25) is 0 Å². The van der Waals surface area contributed by atoms with Crippen LogP contribution in [0.4, 0.5) is 0 Å². The molecule has 0 saturated heterocycles. The average Bonchev–Trinajstić information content (AvgIpc) is 2.30. The zero-order valence-corrected chi connectivity index (χ0v) is 10.3. The number of hydrogen-bond acceptors (Lipinski definition) is 3. The third-order valence-corrected chi connectivity index (χ3v) is 2.56. The molecule has 1 aromatic heterocycles. The van der Waals surface area contributed by atoms with Gasteiger partial charge in [-0.3, -0.25) is 4.98 Å². The van der Waals surface area contributed by atoms with Crippen LogP contribution in [0.3, 0.4) is 0 Å². The van der Waals surface area contributed by atoms with Crippen molar-refractivity contribution in [3.8, 4) is 5.75 Å². The Bertz CT molecular complexity index is 487. The monoisotopic (exact) mass is 281 g/mol. The molecule has 0 radical (unpaired) electrons. The molecule has 0 saturated carbocycles. The largest absolute Gasteiger partial charge is 0.506 e. The van der Waals surface area contributed by atoms with Gasteiger partial charge in [0, 0.05) is 16.9 Å². The van der Waals surface area contributed by atoms with Crippen LogP contribution in [0.2, 0.25) is 0 Å². The zero-order chi connectivity index (χ0) is 11.4. The number of ether oxygens (including phenoxy) is 1. The molecule has 1 N–H and O–H groups in total. The first-order chi connectivity index (χ1) is 7.81. The lowest BCUT2D eigenvalue weighted by Gasteiger charge is -2.05. The molecule has 1 aromatic carbocycles. The number of rotatable bonds is 4. The number of aromatic hydroxyl groups is 1. The number of aromatic nitrogens is 1. The van der Waals surface area contributed by atoms with Gasteiger partial charge in [0.25, 0.3) is 0 Å². The Morgan fingerprint density at radius 2 is 2.25 bits per heavy atom. The normalized spacial score (nSPS) is 10.8. The van der Waals surface area contributed by atoms with E-state index in [0.29, 0.717) is 18.7 Å². The number of benzene rings is 1. The van der Waals surface area contributed by atoms with Gasteiger partial charge in [0.05, 0.1) is 13.2 Å². The van der Waals surface area contributed by atoms with Crippen LogP contribution in [0, 0.1) is 0 Å². The van der Waals surface area contributed by atoms with E-state index in [1.54, 1.807) is 12.3 Å². The maximum atomic E-state index is 9.78. The first-order valence-electron chi connectivity index (χ1n) is 5.01. The lowest BCUT2D eigenvalue weighted by Crippen LogP contribution is -1.96. The molecule has 2 aromatic rings. The van der Waals surface area contributed by atoms with Crippen molar-refractivity contribution in [1.29, 1.82) is 0 Å². The van der Waals surface area contributed by atoms with Crippen molar-refractivity contribution >= 4 is 26.8 Å². The Hall–Kier alpha value is -1.13. The van der Waals surface area contributed by atoms with Crippen molar-refractivity contribution in [3.05, 3.63) is 36.0 Å².